The molecule has 1 saturated heterocycles. The van der Waals surface area contributed by atoms with Gasteiger partial charge in [-0.2, -0.15) is 0 Å². The molecule has 168 valence electrons. The van der Waals surface area contributed by atoms with E-state index in [0.29, 0.717) is 18.4 Å². The van der Waals surface area contributed by atoms with Crippen molar-refractivity contribution >= 4 is 17.5 Å². The van der Waals surface area contributed by atoms with Crippen molar-refractivity contribution in [3.63, 3.8) is 0 Å². The minimum Gasteiger partial charge on any atom is -0.506 e. The maximum atomic E-state index is 13.4. The third kappa shape index (κ3) is 4.61. The van der Waals surface area contributed by atoms with Crippen molar-refractivity contribution in [2.24, 2.45) is 0 Å². The van der Waals surface area contributed by atoms with Gasteiger partial charge in [0, 0.05) is 5.56 Å². The van der Waals surface area contributed by atoms with Crippen molar-refractivity contribution in [2.45, 2.75) is 44.6 Å². The van der Waals surface area contributed by atoms with Crippen molar-refractivity contribution in [1.82, 2.24) is 0 Å². The lowest BCUT2D eigenvalue weighted by Crippen LogP contribution is -2.42. The molecule has 1 unspecified atom stereocenters. The summed E-state index contributed by atoms with van der Waals surface area (Å²) in [6, 6.07) is 26.6. The normalized spacial score (nSPS) is 20.0. The van der Waals surface area contributed by atoms with Crippen molar-refractivity contribution in [1.29, 1.82) is 0 Å². The first kappa shape index (κ1) is 22.5. The van der Waals surface area contributed by atoms with Crippen LogP contribution in [0.15, 0.2) is 90.5 Å². The first-order chi connectivity index (χ1) is 15.9. The van der Waals surface area contributed by atoms with E-state index in [4.69, 9.17) is 4.74 Å². The number of cyclic esters (lactones) is 1. The van der Waals surface area contributed by atoms with Crippen molar-refractivity contribution < 1.29 is 19.4 Å². The Hall–Kier alpha value is -3.66. The molecule has 1 N–H and O–H groups in total. The summed E-state index contributed by atoms with van der Waals surface area (Å²) in [5.41, 5.74) is 1.90. The fourth-order valence-electron chi connectivity index (χ4n) is 4.48. The van der Waals surface area contributed by atoms with Crippen LogP contribution in [0.4, 0.5) is 0 Å². The number of benzene rings is 3. The van der Waals surface area contributed by atoms with Gasteiger partial charge in [-0.25, -0.2) is 4.79 Å². The Morgan fingerprint density at radius 1 is 0.909 bits per heavy atom. The Balaban J connectivity index is 1.72. The van der Waals surface area contributed by atoms with Gasteiger partial charge in [-0.05, 0) is 35.4 Å². The first-order valence-electron chi connectivity index (χ1n) is 11.3. The fourth-order valence-corrected chi connectivity index (χ4v) is 4.48. The lowest BCUT2D eigenvalue weighted by Gasteiger charge is -2.37. The lowest BCUT2D eigenvalue weighted by molar-refractivity contribution is -0.165. The molecule has 0 saturated carbocycles. The average Bonchev–Trinajstić information content (AvgIpc) is 2.83. The topological polar surface area (TPSA) is 63.6 Å². The molecule has 1 heterocycles. The molecule has 0 radical (unpaired) electrons. The number of aliphatic hydroxyl groups excluding tert-OH is 1. The number of carbonyl (C=O) groups excluding carboxylic acids is 2. The number of esters is 1. The molecule has 0 amide bonds. The van der Waals surface area contributed by atoms with Gasteiger partial charge >= 0.3 is 5.97 Å². The lowest BCUT2D eigenvalue weighted by atomic mass is 9.79. The number of carbonyl (C=O) groups is 2. The second kappa shape index (κ2) is 9.45. The van der Waals surface area contributed by atoms with Crippen LogP contribution in [0, 0.1) is 0 Å². The SMILES string of the molecule is CC(C)c1ccccc1C(O)=C1C(=O)CC(CCc2ccccc2)(c2ccccc2)OC1=O. The zero-order valence-electron chi connectivity index (χ0n) is 19.0. The molecule has 1 atom stereocenters. The summed E-state index contributed by atoms with van der Waals surface area (Å²) in [7, 11) is 0. The van der Waals surface area contributed by atoms with Crippen LogP contribution in [0.3, 0.4) is 0 Å². The minimum absolute atomic E-state index is 0.0151. The van der Waals surface area contributed by atoms with E-state index in [1.807, 2.05) is 86.6 Å². The number of aryl methyl sites for hydroxylation is 1. The second-order valence-corrected chi connectivity index (χ2v) is 8.80. The summed E-state index contributed by atoms with van der Waals surface area (Å²) >= 11 is 0. The highest BCUT2D eigenvalue weighted by molar-refractivity contribution is 6.23. The summed E-state index contributed by atoms with van der Waals surface area (Å²) in [6.07, 6.45) is 1.10. The van der Waals surface area contributed by atoms with Gasteiger partial charge in [0.25, 0.3) is 0 Å². The van der Waals surface area contributed by atoms with Crippen LogP contribution in [0.2, 0.25) is 0 Å². The molecule has 0 bridgehead atoms. The van der Waals surface area contributed by atoms with E-state index in [2.05, 4.69) is 0 Å². The van der Waals surface area contributed by atoms with Crippen molar-refractivity contribution in [2.75, 3.05) is 0 Å². The van der Waals surface area contributed by atoms with Gasteiger partial charge in [0.2, 0.25) is 0 Å². The summed E-state index contributed by atoms with van der Waals surface area (Å²) in [5.74, 6) is -1.37. The van der Waals surface area contributed by atoms with Gasteiger partial charge in [0.05, 0.1) is 6.42 Å². The number of hydrogen-bond donors (Lipinski definition) is 1. The zero-order chi connectivity index (χ0) is 23.4. The number of aliphatic hydroxyl groups is 1. The van der Waals surface area contributed by atoms with Crippen molar-refractivity contribution in [3.8, 4) is 0 Å². The molecule has 4 rings (SSSR count). The fraction of sp³-hybridized carbons (Fsp3) is 0.241. The smallest absolute Gasteiger partial charge is 0.346 e. The summed E-state index contributed by atoms with van der Waals surface area (Å²) < 4.78 is 6.03. The van der Waals surface area contributed by atoms with E-state index in [1.165, 1.54) is 0 Å². The number of rotatable bonds is 6. The molecular weight excluding hydrogens is 412 g/mol. The van der Waals surface area contributed by atoms with Crippen molar-refractivity contribution in [3.05, 3.63) is 113 Å². The summed E-state index contributed by atoms with van der Waals surface area (Å²) in [4.78, 5) is 26.6. The van der Waals surface area contributed by atoms with E-state index >= 15 is 0 Å². The molecule has 0 aliphatic carbocycles. The van der Waals surface area contributed by atoms with E-state index < -0.39 is 17.4 Å². The molecule has 0 spiro atoms. The van der Waals surface area contributed by atoms with Gasteiger partial charge < -0.3 is 9.84 Å². The minimum atomic E-state index is -1.08. The Morgan fingerprint density at radius 3 is 2.15 bits per heavy atom. The molecule has 1 fully saturated rings. The molecule has 0 aromatic heterocycles. The van der Waals surface area contributed by atoms with E-state index in [1.54, 1.807) is 12.1 Å². The molecule has 1 aliphatic heterocycles. The molecular formula is C29H28O4. The monoisotopic (exact) mass is 440 g/mol. The molecule has 1 aliphatic rings. The van der Waals surface area contributed by atoms with E-state index in [0.717, 1.165) is 16.7 Å². The third-order valence-electron chi connectivity index (χ3n) is 6.25. The largest absolute Gasteiger partial charge is 0.506 e. The molecule has 4 nitrogen and oxygen atoms in total. The highest BCUT2D eigenvalue weighted by Crippen LogP contribution is 2.41. The van der Waals surface area contributed by atoms with Crippen LogP contribution in [0.5, 0.6) is 0 Å². The van der Waals surface area contributed by atoms with Crippen LogP contribution in [0.1, 0.15) is 54.9 Å². The molecule has 3 aromatic rings. The predicted octanol–water partition coefficient (Wildman–Crippen LogP) is 6.12. The summed E-state index contributed by atoms with van der Waals surface area (Å²) in [5, 5.41) is 11.0. The quantitative estimate of drug-likeness (QED) is 0.217. The van der Waals surface area contributed by atoms with Gasteiger partial charge in [-0.1, -0.05) is 98.8 Å². The first-order valence-corrected chi connectivity index (χ1v) is 11.3. The average molecular weight is 441 g/mol. The van der Waals surface area contributed by atoms with Crippen LogP contribution in [0.25, 0.3) is 5.76 Å². The van der Waals surface area contributed by atoms with Crippen LogP contribution in [-0.2, 0) is 26.3 Å². The van der Waals surface area contributed by atoms with Gasteiger partial charge in [-0.15, -0.1) is 0 Å². The predicted molar refractivity (Wildman–Crippen MR) is 129 cm³/mol. The Kier molecular flexibility index (Phi) is 6.45. The van der Waals surface area contributed by atoms with Crippen LogP contribution >= 0.6 is 0 Å². The molecule has 4 heteroatoms. The number of Topliss-reactive ketones (excluding diaryl/α,β-unsaturated/α-hetero) is 1. The third-order valence-corrected chi connectivity index (χ3v) is 6.25. The second-order valence-electron chi connectivity index (χ2n) is 8.80. The Bertz CT molecular complexity index is 1160. The number of ketones is 1. The maximum Gasteiger partial charge on any atom is 0.346 e. The van der Waals surface area contributed by atoms with E-state index in [9.17, 15) is 14.7 Å². The van der Waals surface area contributed by atoms with Gasteiger partial charge in [-0.3, -0.25) is 4.79 Å². The van der Waals surface area contributed by atoms with Crippen LogP contribution in [-0.4, -0.2) is 16.9 Å². The summed E-state index contributed by atoms with van der Waals surface area (Å²) in [6.45, 7) is 4.00. The van der Waals surface area contributed by atoms with Gasteiger partial charge in [0.1, 0.15) is 16.9 Å². The molecule has 33 heavy (non-hydrogen) atoms. The Labute approximate surface area is 194 Å². The maximum absolute atomic E-state index is 13.4. The molecule has 3 aromatic carbocycles. The highest BCUT2D eigenvalue weighted by atomic mass is 16.6. The van der Waals surface area contributed by atoms with Crippen LogP contribution < -0.4 is 0 Å². The van der Waals surface area contributed by atoms with Gasteiger partial charge in [0.15, 0.2) is 5.78 Å². The highest BCUT2D eigenvalue weighted by Gasteiger charge is 2.46. The standard InChI is InChI=1S/C29H28O4/c1-20(2)23-15-9-10-16-24(23)27(31)26-25(30)19-29(33-28(26)32,22-13-7-4-8-14-22)18-17-21-11-5-3-6-12-21/h3-16,20,31H,17-19H2,1-2H3. The van der Waals surface area contributed by atoms with E-state index in [-0.39, 0.29) is 23.7 Å². The number of hydrogen-bond acceptors (Lipinski definition) is 4. The number of ether oxygens (including phenoxy) is 1. The zero-order valence-corrected chi connectivity index (χ0v) is 19.0. The Morgan fingerprint density at radius 2 is 1.52 bits per heavy atom.